The summed E-state index contributed by atoms with van der Waals surface area (Å²) < 4.78 is 0. The number of amides is 1. The van der Waals surface area contributed by atoms with E-state index in [2.05, 4.69) is 43.0 Å². The molecular weight excluding hydrogens is 368 g/mol. The first-order valence-corrected chi connectivity index (χ1v) is 11.0. The van der Waals surface area contributed by atoms with Gasteiger partial charge >= 0.3 is 0 Å². The Morgan fingerprint density at radius 2 is 1.75 bits per heavy atom. The highest BCUT2D eigenvalue weighted by molar-refractivity contribution is 5.85. The molecular formula is C24H35ClN2O. The fourth-order valence-corrected chi connectivity index (χ4v) is 7.66. The normalized spacial score (nSPS) is 41.2. The average Bonchev–Trinajstić information content (AvgIpc) is 3.01. The summed E-state index contributed by atoms with van der Waals surface area (Å²) >= 11 is 0. The minimum Gasteiger partial charge on any atom is -0.339 e. The van der Waals surface area contributed by atoms with Gasteiger partial charge in [0.05, 0.1) is 5.41 Å². The zero-order valence-electron chi connectivity index (χ0n) is 17.3. The van der Waals surface area contributed by atoms with Crippen molar-refractivity contribution in [2.45, 2.75) is 70.3 Å². The molecule has 1 heterocycles. The van der Waals surface area contributed by atoms with Gasteiger partial charge in [-0.15, -0.1) is 12.4 Å². The molecule has 1 aromatic carbocycles. The Morgan fingerprint density at radius 3 is 2.32 bits per heavy atom. The molecule has 4 atom stereocenters. The number of benzene rings is 1. The number of hydrogen-bond donors (Lipinski definition) is 1. The number of likely N-dealkylation sites (tertiary alicyclic amines) is 1. The molecule has 2 N–H and O–H groups in total. The van der Waals surface area contributed by atoms with Gasteiger partial charge in [0.15, 0.2) is 0 Å². The van der Waals surface area contributed by atoms with Crippen LogP contribution in [0.5, 0.6) is 0 Å². The van der Waals surface area contributed by atoms with E-state index in [1.807, 2.05) is 0 Å². The molecule has 0 spiro atoms. The first-order valence-electron chi connectivity index (χ1n) is 11.0. The maximum absolute atomic E-state index is 13.9. The molecule has 0 radical (unpaired) electrons. The highest BCUT2D eigenvalue weighted by Crippen LogP contribution is 2.66. The first kappa shape index (κ1) is 20.2. The van der Waals surface area contributed by atoms with Gasteiger partial charge in [-0.1, -0.05) is 29.8 Å². The predicted octanol–water partition coefficient (Wildman–Crippen LogP) is 4.45. The lowest BCUT2D eigenvalue weighted by atomic mass is 9.42. The number of nitrogens with zero attached hydrogens (tertiary/aromatic N) is 1. The first-order chi connectivity index (χ1) is 12.9. The molecule has 5 fully saturated rings. The van der Waals surface area contributed by atoms with E-state index in [9.17, 15) is 4.79 Å². The molecule has 1 aromatic rings. The number of rotatable bonds is 3. The van der Waals surface area contributed by atoms with Gasteiger partial charge in [-0.3, -0.25) is 4.79 Å². The minimum atomic E-state index is -0.104. The van der Waals surface area contributed by atoms with Crippen molar-refractivity contribution in [1.82, 2.24) is 4.90 Å². The summed E-state index contributed by atoms with van der Waals surface area (Å²) in [5.74, 6) is 2.43. The third-order valence-electron chi connectivity index (χ3n) is 8.43. The van der Waals surface area contributed by atoms with Crippen LogP contribution in [0.25, 0.3) is 0 Å². The number of carbonyl (C=O) groups excluding carboxylic acids is 1. The molecule has 1 saturated heterocycles. The van der Waals surface area contributed by atoms with Gasteiger partial charge in [-0.2, -0.15) is 0 Å². The molecule has 154 valence electrons. The maximum Gasteiger partial charge on any atom is 0.229 e. The van der Waals surface area contributed by atoms with E-state index < -0.39 is 0 Å². The van der Waals surface area contributed by atoms with Crippen molar-refractivity contribution < 1.29 is 4.79 Å². The van der Waals surface area contributed by atoms with Gasteiger partial charge in [-0.05, 0) is 94.1 Å². The second-order valence-corrected chi connectivity index (χ2v) is 10.5. The minimum absolute atomic E-state index is 0. The Labute approximate surface area is 175 Å². The molecule has 5 aliphatic rings. The van der Waals surface area contributed by atoms with Crippen LogP contribution in [0.15, 0.2) is 24.3 Å². The van der Waals surface area contributed by atoms with Crippen molar-refractivity contribution >= 4 is 18.3 Å². The quantitative estimate of drug-likeness (QED) is 0.811. The molecule has 3 nitrogen and oxygen atoms in total. The van der Waals surface area contributed by atoms with Gasteiger partial charge in [0.1, 0.15) is 0 Å². The lowest BCUT2D eigenvalue weighted by Gasteiger charge is -2.62. The molecule has 1 aliphatic heterocycles. The van der Waals surface area contributed by atoms with Gasteiger partial charge in [0.2, 0.25) is 5.91 Å². The molecule has 4 bridgehead atoms. The van der Waals surface area contributed by atoms with Crippen molar-refractivity contribution in [3.8, 4) is 0 Å². The molecule has 4 saturated carbocycles. The van der Waals surface area contributed by atoms with Crippen molar-refractivity contribution in [3.63, 3.8) is 0 Å². The molecule has 1 amide bonds. The zero-order valence-corrected chi connectivity index (χ0v) is 18.1. The number of nitrogens with two attached hydrogens (primary N) is 1. The molecule has 6 rings (SSSR count). The Morgan fingerprint density at radius 1 is 1.11 bits per heavy atom. The Hall–Kier alpha value is -1.06. The van der Waals surface area contributed by atoms with Crippen molar-refractivity contribution in [2.24, 2.45) is 28.9 Å². The van der Waals surface area contributed by atoms with E-state index >= 15 is 0 Å². The fraction of sp³-hybridized carbons (Fsp3) is 0.708. The van der Waals surface area contributed by atoms with Crippen molar-refractivity contribution in [1.29, 1.82) is 0 Å². The van der Waals surface area contributed by atoms with Crippen LogP contribution in [0.4, 0.5) is 0 Å². The van der Waals surface area contributed by atoms with E-state index in [-0.39, 0.29) is 23.2 Å². The van der Waals surface area contributed by atoms with Crippen LogP contribution in [0.2, 0.25) is 0 Å². The molecule has 4 unspecified atom stereocenters. The number of hydrogen-bond acceptors (Lipinski definition) is 2. The van der Waals surface area contributed by atoms with E-state index in [4.69, 9.17) is 5.73 Å². The van der Waals surface area contributed by atoms with E-state index in [1.54, 1.807) is 0 Å². The van der Waals surface area contributed by atoms with Crippen LogP contribution < -0.4 is 5.73 Å². The third kappa shape index (κ3) is 3.01. The van der Waals surface area contributed by atoms with Crippen LogP contribution >= 0.6 is 12.4 Å². The second kappa shape index (κ2) is 7.02. The fourth-order valence-electron chi connectivity index (χ4n) is 7.66. The molecule has 28 heavy (non-hydrogen) atoms. The standard InChI is InChI=1S/C24H34N2O.ClH/c1-16-3-5-21(6-4-16)23-9-18-8-19(10-23)12-24(11-18,15-23)22(27)26-14-20(13-25)7-17(26)2;/h3-6,17-20H,7-15,25H2,1-2H3;1H. The lowest BCUT2D eigenvalue weighted by Crippen LogP contribution is -2.60. The van der Waals surface area contributed by atoms with Gasteiger partial charge in [-0.25, -0.2) is 0 Å². The highest BCUT2D eigenvalue weighted by atomic mass is 35.5. The van der Waals surface area contributed by atoms with E-state index in [0.717, 1.165) is 44.1 Å². The lowest BCUT2D eigenvalue weighted by molar-refractivity contribution is -0.161. The average molecular weight is 403 g/mol. The number of carbonyl (C=O) groups is 1. The van der Waals surface area contributed by atoms with Crippen LogP contribution in [0.1, 0.15) is 63.0 Å². The number of aryl methyl sites for hydroxylation is 1. The summed E-state index contributed by atoms with van der Waals surface area (Å²) in [4.78, 5) is 16.1. The highest BCUT2D eigenvalue weighted by Gasteiger charge is 2.62. The smallest absolute Gasteiger partial charge is 0.229 e. The Balaban J connectivity index is 0.00000192. The van der Waals surface area contributed by atoms with Crippen LogP contribution in [0, 0.1) is 30.1 Å². The van der Waals surface area contributed by atoms with Crippen molar-refractivity contribution in [2.75, 3.05) is 13.1 Å². The summed E-state index contributed by atoms with van der Waals surface area (Å²) in [6.07, 6.45) is 8.35. The zero-order chi connectivity index (χ0) is 18.8. The topological polar surface area (TPSA) is 46.3 Å². The van der Waals surface area contributed by atoms with Crippen LogP contribution in [-0.2, 0) is 10.2 Å². The summed E-state index contributed by atoms with van der Waals surface area (Å²) in [6.45, 7) is 5.98. The molecule has 0 aromatic heterocycles. The van der Waals surface area contributed by atoms with Gasteiger partial charge in [0, 0.05) is 12.6 Å². The van der Waals surface area contributed by atoms with Gasteiger partial charge in [0.25, 0.3) is 0 Å². The van der Waals surface area contributed by atoms with Crippen LogP contribution in [-0.4, -0.2) is 29.9 Å². The predicted molar refractivity (Wildman–Crippen MR) is 116 cm³/mol. The second-order valence-electron chi connectivity index (χ2n) is 10.5. The largest absolute Gasteiger partial charge is 0.339 e. The SMILES string of the molecule is Cc1ccc(C23CC4CC(CC(C(=O)N5CC(CN)CC5C)(C4)C2)C3)cc1.Cl. The van der Waals surface area contributed by atoms with E-state index in [1.165, 1.54) is 30.4 Å². The van der Waals surface area contributed by atoms with Crippen LogP contribution in [0.3, 0.4) is 0 Å². The Bertz CT molecular complexity index is 731. The summed E-state index contributed by atoms with van der Waals surface area (Å²) in [7, 11) is 0. The molecule has 4 heteroatoms. The maximum atomic E-state index is 13.9. The van der Waals surface area contributed by atoms with E-state index in [0.29, 0.717) is 24.4 Å². The van der Waals surface area contributed by atoms with Crippen molar-refractivity contribution in [3.05, 3.63) is 35.4 Å². The third-order valence-corrected chi connectivity index (χ3v) is 8.43. The Kier molecular flexibility index (Phi) is 5.07. The summed E-state index contributed by atoms with van der Waals surface area (Å²) in [5.41, 5.74) is 8.89. The summed E-state index contributed by atoms with van der Waals surface area (Å²) in [6, 6.07) is 9.58. The molecule has 4 aliphatic carbocycles. The monoisotopic (exact) mass is 402 g/mol. The van der Waals surface area contributed by atoms with Gasteiger partial charge < -0.3 is 10.6 Å². The summed E-state index contributed by atoms with van der Waals surface area (Å²) in [5, 5.41) is 0. The number of halogens is 1.